The van der Waals surface area contributed by atoms with Crippen molar-refractivity contribution in [1.82, 2.24) is 14.9 Å². The molecule has 178 valence electrons. The molecule has 1 fully saturated rings. The molecule has 1 aliphatic rings. The Bertz CT molecular complexity index is 1110. The Hall–Kier alpha value is -3.10. The lowest BCUT2D eigenvalue weighted by Gasteiger charge is -2.32. The molecule has 2 aromatic carbocycles. The van der Waals surface area contributed by atoms with Crippen LogP contribution in [0.4, 0.5) is 4.79 Å². The third kappa shape index (κ3) is 4.88. The molecule has 8 heteroatoms. The highest BCUT2D eigenvalue weighted by Crippen LogP contribution is 2.36. The lowest BCUT2D eigenvalue weighted by Crippen LogP contribution is -2.41. The Morgan fingerprint density at radius 2 is 1.68 bits per heavy atom. The van der Waals surface area contributed by atoms with E-state index in [1.165, 1.54) is 4.90 Å². The summed E-state index contributed by atoms with van der Waals surface area (Å²) in [6, 6.07) is 17.4. The van der Waals surface area contributed by atoms with Crippen LogP contribution in [-0.2, 0) is 20.7 Å². The van der Waals surface area contributed by atoms with E-state index in [1.54, 1.807) is 13.2 Å². The highest BCUT2D eigenvalue weighted by atomic mass is 16.7. The molecule has 1 aromatic heterocycles. The number of H-pyrrole nitrogens is 1. The fraction of sp³-hybridized carbons (Fsp3) is 0.385. The maximum absolute atomic E-state index is 12.5. The van der Waals surface area contributed by atoms with Crippen molar-refractivity contribution in [3.8, 4) is 11.3 Å². The molecular weight excluding hydrogens is 429 g/mol. The van der Waals surface area contributed by atoms with Gasteiger partial charge in [-0.05, 0) is 51.2 Å². The number of hydrogen-bond donors (Lipinski definition) is 1. The number of hydrogen-bond acceptors (Lipinski definition) is 5. The molecule has 7 nitrogen and oxygen atoms in total. The maximum atomic E-state index is 12.5. The van der Waals surface area contributed by atoms with E-state index < -0.39 is 13.2 Å². The summed E-state index contributed by atoms with van der Waals surface area (Å²) in [7, 11) is 1.31. The second kappa shape index (κ2) is 9.27. The van der Waals surface area contributed by atoms with E-state index >= 15 is 0 Å². The molecule has 1 N–H and O–H groups in total. The normalized spacial score (nSPS) is 17.4. The van der Waals surface area contributed by atoms with Gasteiger partial charge in [0.25, 0.3) is 0 Å². The number of rotatable bonds is 6. The molecule has 1 amide bonds. The van der Waals surface area contributed by atoms with Gasteiger partial charge in [0, 0.05) is 7.05 Å². The molecule has 0 aliphatic carbocycles. The predicted octanol–water partition coefficient (Wildman–Crippen LogP) is 4.71. The van der Waals surface area contributed by atoms with E-state index in [-0.39, 0.29) is 23.9 Å². The topological polar surface area (TPSA) is 76.7 Å². The minimum Gasteiger partial charge on any atom is -0.445 e. The summed E-state index contributed by atoms with van der Waals surface area (Å²) in [6.07, 6.45) is 1.37. The fourth-order valence-corrected chi connectivity index (χ4v) is 3.66. The minimum absolute atomic E-state index is 0.231. The van der Waals surface area contributed by atoms with Gasteiger partial charge in [0.2, 0.25) is 0 Å². The van der Waals surface area contributed by atoms with Gasteiger partial charge in [-0.15, -0.1) is 0 Å². The van der Waals surface area contributed by atoms with Gasteiger partial charge >= 0.3 is 13.2 Å². The number of carbonyl (C=O) groups excluding carboxylic acids is 1. The summed E-state index contributed by atoms with van der Waals surface area (Å²) in [5, 5.41) is 0. The summed E-state index contributed by atoms with van der Waals surface area (Å²) >= 11 is 0. The van der Waals surface area contributed by atoms with Gasteiger partial charge < -0.3 is 23.9 Å². The lowest BCUT2D eigenvalue weighted by molar-refractivity contribution is 0.00578. The summed E-state index contributed by atoms with van der Waals surface area (Å²) in [6.45, 7) is 10.3. The van der Waals surface area contributed by atoms with Crippen LogP contribution < -0.4 is 5.46 Å². The SMILES string of the molecule is C[C@@H](c1ncc(-c2ccc(B3OC(C)(C)C(C)(C)O3)cc2)[nH]1)N(C)C(=O)OCc1ccccc1. The van der Waals surface area contributed by atoms with Gasteiger partial charge in [-0.3, -0.25) is 0 Å². The third-order valence-corrected chi connectivity index (χ3v) is 6.81. The second-order valence-corrected chi connectivity index (χ2v) is 9.72. The summed E-state index contributed by atoms with van der Waals surface area (Å²) in [4.78, 5) is 21.9. The zero-order chi connectivity index (χ0) is 24.5. The molecule has 1 saturated heterocycles. The first-order valence-electron chi connectivity index (χ1n) is 11.5. The Morgan fingerprint density at radius 3 is 2.29 bits per heavy atom. The van der Waals surface area contributed by atoms with Gasteiger partial charge in [0.15, 0.2) is 0 Å². The van der Waals surface area contributed by atoms with Gasteiger partial charge in [0.05, 0.1) is 29.1 Å². The third-order valence-electron chi connectivity index (χ3n) is 6.81. The van der Waals surface area contributed by atoms with Crippen molar-refractivity contribution in [3.05, 3.63) is 72.2 Å². The van der Waals surface area contributed by atoms with Crippen LogP contribution in [0.5, 0.6) is 0 Å². The first-order valence-corrected chi connectivity index (χ1v) is 11.5. The number of benzene rings is 2. The molecule has 34 heavy (non-hydrogen) atoms. The van der Waals surface area contributed by atoms with Crippen molar-refractivity contribution in [2.24, 2.45) is 0 Å². The molecular formula is C26H32BN3O4. The van der Waals surface area contributed by atoms with Crippen molar-refractivity contribution in [3.63, 3.8) is 0 Å². The van der Waals surface area contributed by atoms with Gasteiger partial charge in [-0.2, -0.15) is 0 Å². The van der Waals surface area contributed by atoms with Crippen LogP contribution in [0.2, 0.25) is 0 Å². The number of ether oxygens (including phenoxy) is 1. The molecule has 4 rings (SSSR count). The zero-order valence-corrected chi connectivity index (χ0v) is 20.7. The molecule has 0 saturated carbocycles. The first-order chi connectivity index (χ1) is 16.1. The standard InChI is InChI=1S/C26H32BN3O4/c1-18(30(6)24(31)32-17-19-10-8-7-9-11-19)23-28-16-22(29-23)20-12-14-21(15-13-20)27-33-25(2,3)26(4,5)34-27/h7-16,18H,17H2,1-6H3,(H,28,29)/t18-/m0/s1. The van der Waals surface area contributed by atoms with Crippen molar-refractivity contribution < 1.29 is 18.8 Å². The summed E-state index contributed by atoms with van der Waals surface area (Å²) in [5.74, 6) is 0.684. The van der Waals surface area contributed by atoms with Crippen LogP contribution in [-0.4, -0.2) is 46.3 Å². The van der Waals surface area contributed by atoms with Crippen LogP contribution in [0.15, 0.2) is 60.8 Å². The average molecular weight is 461 g/mol. The van der Waals surface area contributed by atoms with Gasteiger partial charge in [-0.1, -0.05) is 54.6 Å². The molecule has 1 aliphatic heterocycles. The Labute approximate surface area is 201 Å². The monoisotopic (exact) mass is 461 g/mol. The number of aromatic nitrogens is 2. The smallest absolute Gasteiger partial charge is 0.445 e. The molecule has 0 bridgehead atoms. The highest BCUT2D eigenvalue weighted by Gasteiger charge is 2.51. The highest BCUT2D eigenvalue weighted by molar-refractivity contribution is 6.62. The molecule has 0 unspecified atom stereocenters. The molecule has 0 spiro atoms. The number of amides is 1. The van der Waals surface area contributed by atoms with Crippen LogP contribution in [0, 0.1) is 0 Å². The molecule has 3 aromatic rings. The fourth-order valence-electron chi connectivity index (χ4n) is 3.66. The van der Waals surface area contributed by atoms with E-state index in [4.69, 9.17) is 14.0 Å². The van der Waals surface area contributed by atoms with E-state index in [0.29, 0.717) is 5.82 Å². The van der Waals surface area contributed by atoms with E-state index in [1.807, 2.05) is 89.2 Å². The average Bonchev–Trinajstić information content (AvgIpc) is 3.39. The maximum Gasteiger partial charge on any atom is 0.494 e. The van der Waals surface area contributed by atoms with Crippen LogP contribution in [0.25, 0.3) is 11.3 Å². The molecule has 2 heterocycles. The number of imidazole rings is 1. The molecule has 1 atom stereocenters. The predicted molar refractivity (Wildman–Crippen MR) is 133 cm³/mol. The van der Waals surface area contributed by atoms with Gasteiger partial charge in [-0.25, -0.2) is 9.78 Å². The summed E-state index contributed by atoms with van der Waals surface area (Å²) in [5.41, 5.74) is 3.02. The first kappa shape index (κ1) is 24.0. The van der Waals surface area contributed by atoms with E-state index in [2.05, 4.69) is 9.97 Å². The van der Waals surface area contributed by atoms with Crippen molar-refractivity contribution >= 4 is 18.7 Å². The molecule has 0 radical (unpaired) electrons. The van der Waals surface area contributed by atoms with E-state index in [0.717, 1.165) is 22.3 Å². The van der Waals surface area contributed by atoms with Crippen LogP contribution >= 0.6 is 0 Å². The quantitative estimate of drug-likeness (QED) is 0.539. The van der Waals surface area contributed by atoms with Crippen LogP contribution in [0.3, 0.4) is 0 Å². The number of nitrogens with one attached hydrogen (secondary N) is 1. The Morgan fingerprint density at radius 1 is 1.06 bits per heavy atom. The van der Waals surface area contributed by atoms with Crippen molar-refractivity contribution in [1.29, 1.82) is 0 Å². The Kier molecular flexibility index (Phi) is 6.56. The zero-order valence-electron chi connectivity index (χ0n) is 20.7. The van der Waals surface area contributed by atoms with Crippen molar-refractivity contribution in [2.45, 2.75) is 58.5 Å². The lowest BCUT2D eigenvalue weighted by atomic mass is 9.79. The number of aromatic amines is 1. The van der Waals surface area contributed by atoms with Crippen LogP contribution in [0.1, 0.15) is 52.0 Å². The largest absolute Gasteiger partial charge is 0.494 e. The number of nitrogens with zero attached hydrogens (tertiary/aromatic N) is 2. The van der Waals surface area contributed by atoms with Gasteiger partial charge in [0.1, 0.15) is 12.4 Å². The second-order valence-electron chi connectivity index (χ2n) is 9.72. The number of carbonyl (C=O) groups is 1. The minimum atomic E-state index is -0.402. The van der Waals surface area contributed by atoms with E-state index in [9.17, 15) is 4.79 Å². The van der Waals surface area contributed by atoms with Crippen molar-refractivity contribution in [2.75, 3.05) is 7.05 Å². The Balaban J connectivity index is 1.39. The summed E-state index contributed by atoms with van der Waals surface area (Å²) < 4.78 is 17.7.